The molecule has 9 nitrogen and oxygen atoms in total. The van der Waals surface area contributed by atoms with Crippen LogP contribution in [0, 0.1) is 11.3 Å². The number of ether oxygens (including phenoxy) is 1. The van der Waals surface area contributed by atoms with Crippen LogP contribution >= 0.6 is 0 Å². The molecule has 1 aromatic heterocycles. The number of hydrogen-bond donors (Lipinski definition) is 3. The van der Waals surface area contributed by atoms with Gasteiger partial charge in [0, 0.05) is 22.9 Å². The molecule has 0 saturated heterocycles. The van der Waals surface area contributed by atoms with Crippen molar-refractivity contribution in [2.24, 2.45) is 5.73 Å². The maximum absolute atomic E-state index is 13.9. The van der Waals surface area contributed by atoms with Crippen LogP contribution in [0.3, 0.4) is 0 Å². The number of pyridine rings is 1. The number of carbonyl (C=O) groups excluding carboxylic acids is 2. The van der Waals surface area contributed by atoms with Crippen LogP contribution in [0.1, 0.15) is 12.5 Å². The van der Waals surface area contributed by atoms with Crippen LogP contribution in [0.5, 0.6) is 11.5 Å². The average molecular weight is 576 g/mol. The number of para-hydroxylation sites is 1. The molecular formula is C30H24F3N5O4. The van der Waals surface area contributed by atoms with Crippen molar-refractivity contribution in [1.29, 1.82) is 5.26 Å². The Bertz CT molecular complexity index is 1690. The summed E-state index contributed by atoms with van der Waals surface area (Å²) in [4.78, 5) is 28.9. The van der Waals surface area contributed by atoms with Crippen molar-refractivity contribution in [3.8, 4) is 40.0 Å². The number of aromatic nitrogens is 1. The number of benzene rings is 3. The Kier molecular flexibility index (Phi) is 8.17. The number of hydrogen-bond acceptors (Lipinski definition) is 8. The van der Waals surface area contributed by atoms with E-state index in [1.54, 1.807) is 24.3 Å². The van der Waals surface area contributed by atoms with Gasteiger partial charge in [-0.1, -0.05) is 30.3 Å². The maximum atomic E-state index is 13.9. The molecule has 42 heavy (non-hydrogen) atoms. The summed E-state index contributed by atoms with van der Waals surface area (Å²) in [6, 6.07) is 20.8. The van der Waals surface area contributed by atoms with Crippen LogP contribution in [0.2, 0.25) is 0 Å². The molecule has 0 spiro atoms. The van der Waals surface area contributed by atoms with Crippen molar-refractivity contribution in [1.82, 2.24) is 4.98 Å². The molecule has 4 aromatic rings. The number of aromatic hydroxyl groups is 1. The number of carbonyl (C=O) groups is 2. The molecular weight excluding hydrogens is 551 g/mol. The van der Waals surface area contributed by atoms with Crippen molar-refractivity contribution in [2.45, 2.75) is 18.8 Å². The van der Waals surface area contributed by atoms with Gasteiger partial charge in [0.1, 0.15) is 28.8 Å². The number of nitrogens with zero attached hydrogens (tertiary/aromatic N) is 3. The van der Waals surface area contributed by atoms with E-state index in [-0.39, 0.29) is 33.8 Å². The molecule has 4 N–H and O–H groups in total. The number of nitrogens with two attached hydrogens (primary N) is 1. The molecule has 0 bridgehead atoms. The van der Waals surface area contributed by atoms with E-state index in [0.717, 1.165) is 0 Å². The third-order valence-electron chi connectivity index (χ3n) is 6.10. The minimum atomic E-state index is -5.33. The van der Waals surface area contributed by atoms with Crippen molar-refractivity contribution < 1.29 is 32.6 Å². The Hall–Kier alpha value is -5.41. The number of aldehydes is 1. The Morgan fingerprint density at radius 3 is 2.38 bits per heavy atom. The number of nitriles is 1. The van der Waals surface area contributed by atoms with Crippen LogP contribution in [-0.4, -0.2) is 41.2 Å². The first-order valence-electron chi connectivity index (χ1n) is 12.3. The minimum absolute atomic E-state index is 0.0371. The van der Waals surface area contributed by atoms with Crippen molar-refractivity contribution in [3.63, 3.8) is 0 Å². The van der Waals surface area contributed by atoms with Gasteiger partial charge in [0.15, 0.2) is 12.1 Å². The molecule has 0 aliphatic heterocycles. The normalized spacial score (nSPS) is 12.5. The molecule has 3 aromatic carbocycles. The fourth-order valence-corrected chi connectivity index (χ4v) is 4.17. The molecule has 4 rings (SSSR count). The van der Waals surface area contributed by atoms with E-state index in [4.69, 9.17) is 10.5 Å². The number of halogens is 3. The van der Waals surface area contributed by atoms with E-state index in [1.165, 1.54) is 68.6 Å². The third kappa shape index (κ3) is 6.16. The van der Waals surface area contributed by atoms with Gasteiger partial charge in [-0.25, -0.2) is 4.98 Å². The highest BCUT2D eigenvalue weighted by molar-refractivity contribution is 6.05. The lowest BCUT2D eigenvalue weighted by atomic mass is 9.97. The first kappa shape index (κ1) is 29.6. The van der Waals surface area contributed by atoms with Gasteiger partial charge in [0.25, 0.3) is 0 Å². The zero-order valence-corrected chi connectivity index (χ0v) is 22.3. The van der Waals surface area contributed by atoms with Crippen molar-refractivity contribution in [3.05, 3.63) is 84.4 Å². The number of phenols is 1. The average Bonchev–Trinajstić information content (AvgIpc) is 2.96. The highest BCUT2D eigenvalue weighted by Crippen LogP contribution is 2.41. The summed E-state index contributed by atoms with van der Waals surface area (Å²) < 4.78 is 46.9. The third-order valence-corrected chi connectivity index (χ3v) is 6.10. The number of nitrogens with one attached hydrogen (secondary N) is 1. The van der Waals surface area contributed by atoms with E-state index in [9.17, 15) is 33.1 Å². The SMILES string of the molecule is COc1ccc(-c2cc(-c3cccc(N[C@](C)(N)C=O)c3)c(C#N)c(N(C(=O)C(F)(F)F)c3ccccc3)n2)c(O)c1. The number of amides is 1. The van der Waals surface area contributed by atoms with Gasteiger partial charge in [-0.05, 0) is 55.0 Å². The standard InChI is InChI=1S/C30H24F3N5O4/c1-29(35,17-39)37-19-8-6-7-18(13-19)23-15-25(22-12-11-21(42-2)14-26(22)40)36-27(24(23)16-34)38(28(41)30(31,32)33)20-9-4-3-5-10-20/h3-15,17,37,40H,35H2,1-2H3/t29-/m0/s1. The molecule has 214 valence electrons. The maximum Gasteiger partial charge on any atom is 0.472 e. The quantitative estimate of drug-likeness (QED) is 0.184. The molecule has 1 amide bonds. The first-order chi connectivity index (χ1) is 19.9. The van der Waals surface area contributed by atoms with E-state index < -0.39 is 23.6 Å². The number of phenolic OH excluding ortho intramolecular Hbond substituents is 1. The van der Waals surface area contributed by atoms with Gasteiger partial charge in [-0.15, -0.1) is 0 Å². The minimum Gasteiger partial charge on any atom is -0.507 e. The number of alkyl halides is 3. The van der Waals surface area contributed by atoms with Gasteiger partial charge in [0.2, 0.25) is 0 Å². The lowest BCUT2D eigenvalue weighted by Gasteiger charge is -2.26. The molecule has 0 unspecified atom stereocenters. The first-order valence-corrected chi connectivity index (χ1v) is 12.3. The predicted octanol–water partition coefficient (Wildman–Crippen LogP) is 5.51. The predicted molar refractivity (Wildman–Crippen MR) is 150 cm³/mol. The van der Waals surface area contributed by atoms with Crippen molar-refractivity contribution in [2.75, 3.05) is 17.3 Å². The topological polar surface area (TPSA) is 142 Å². The van der Waals surface area contributed by atoms with Gasteiger partial charge in [-0.3, -0.25) is 14.5 Å². The van der Waals surface area contributed by atoms with Gasteiger partial charge >= 0.3 is 12.1 Å². The Balaban J connectivity index is 2.07. The van der Waals surface area contributed by atoms with Gasteiger partial charge < -0.3 is 20.9 Å². The largest absolute Gasteiger partial charge is 0.507 e. The molecule has 1 atom stereocenters. The van der Waals surface area contributed by atoms with Gasteiger partial charge in [0.05, 0.1) is 18.5 Å². The van der Waals surface area contributed by atoms with Crippen LogP contribution in [0.15, 0.2) is 78.9 Å². The second-order valence-electron chi connectivity index (χ2n) is 9.33. The number of rotatable bonds is 8. The summed E-state index contributed by atoms with van der Waals surface area (Å²) in [5, 5.41) is 23.8. The number of methoxy groups -OCH3 is 1. The molecule has 0 aliphatic rings. The summed E-state index contributed by atoms with van der Waals surface area (Å²) in [6.07, 6.45) is -4.83. The number of anilines is 3. The molecule has 0 saturated carbocycles. The summed E-state index contributed by atoms with van der Waals surface area (Å²) in [6.45, 7) is 1.43. The van der Waals surface area contributed by atoms with Crippen LogP contribution < -0.4 is 20.7 Å². The fraction of sp³-hybridized carbons (Fsp3) is 0.133. The van der Waals surface area contributed by atoms with Crippen molar-refractivity contribution >= 4 is 29.4 Å². The molecule has 0 fully saturated rings. The second kappa shape index (κ2) is 11.6. The molecule has 0 aliphatic carbocycles. The summed E-state index contributed by atoms with van der Waals surface area (Å²) in [5.74, 6) is -2.89. The monoisotopic (exact) mass is 575 g/mol. The Morgan fingerprint density at radius 1 is 1.07 bits per heavy atom. The van der Waals surface area contributed by atoms with Crippen LogP contribution in [0.25, 0.3) is 22.4 Å². The summed E-state index contributed by atoms with van der Waals surface area (Å²) >= 11 is 0. The summed E-state index contributed by atoms with van der Waals surface area (Å²) in [7, 11) is 1.39. The lowest BCUT2D eigenvalue weighted by Crippen LogP contribution is -2.46. The Labute approximate surface area is 238 Å². The molecule has 12 heteroatoms. The van der Waals surface area contributed by atoms with E-state index in [2.05, 4.69) is 10.3 Å². The lowest BCUT2D eigenvalue weighted by molar-refractivity contribution is -0.169. The summed E-state index contributed by atoms with van der Waals surface area (Å²) in [5.41, 5.74) is 4.77. The second-order valence-corrected chi connectivity index (χ2v) is 9.33. The van der Waals surface area contributed by atoms with E-state index in [0.29, 0.717) is 28.2 Å². The van der Waals surface area contributed by atoms with Gasteiger partial charge in [-0.2, -0.15) is 18.4 Å². The van der Waals surface area contributed by atoms with E-state index in [1.807, 2.05) is 6.07 Å². The highest BCUT2D eigenvalue weighted by Gasteiger charge is 2.45. The highest BCUT2D eigenvalue weighted by atomic mass is 19.4. The Morgan fingerprint density at radius 2 is 1.79 bits per heavy atom. The zero-order valence-electron chi connectivity index (χ0n) is 22.3. The molecule has 0 radical (unpaired) electrons. The van der Waals surface area contributed by atoms with E-state index >= 15 is 0 Å². The van der Waals surface area contributed by atoms with Crippen LogP contribution in [0.4, 0.5) is 30.4 Å². The van der Waals surface area contributed by atoms with Crippen LogP contribution in [-0.2, 0) is 9.59 Å². The molecule has 1 heterocycles. The fourth-order valence-electron chi connectivity index (χ4n) is 4.17. The zero-order chi connectivity index (χ0) is 30.7. The smallest absolute Gasteiger partial charge is 0.472 e.